The highest BCUT2D eigenvalue weighted by atomic mass is 28.4. The number of nitrogens with zero attached hydrogens (tertiary/aromatic N) is 2. The van der Waals surface area contributed by atoms with Gasteiger partial charge in [-0.1, -0.05) is 53.0 Å². The van der Waals surface area contributed by atoms with E-state index in [0.717, 1.165) is 18.3 Å². The van der Waals surface area contributed by atoms with E-state index in [4.69, 9.17) is 13.3 Å². The molecule has 0 rings (SSSR count). The van der Waals surface area contributed by atoms with E-state index >= 15 is 0 Å². The zero-order chi connectivity index (χ0) is 21.3. The van der Waals surface area contributed by atoms with E-state index in [1.807, 2.05) is 20.8 Å². The smallest absolute Gasteiger partial charge is 0.374 e. The molecule has 0 atom stereocenters. The van der Waals surface area contributed by atoms with Gasteiger partial charge in [0.1, 0.15) is 0 Å². The van der Waals surface area contributed by atoms with Gasteiger partial charge in [0.15, 0.2) is 0 Å². The number of hydrogen-bond acceptors (Lipinski definition) is 5. The zero-order valence-corrected chi connectivity index (χ0v) is 22.5. The maximum absolute atomic E-state index is 5.96. The number of hydrogen-bond donors (Lipinski definition) is 0. The fraction of sp³-hybridized carbons (Fsp3) is 1.00. The van der Waals surface area contributed by atoms with Crippen molar-refractivity contribution in [1.29, 1.82) is 0 Å². The predicted molar refractivity (Wildman–Crippen MR) is 127 cm³/mol. The summed E-state index contributed by atoms with van der Waals surface area (Å²) in [5, 5.41) is 0. The van der Waals surface area contributed by atoms with Crippen LogP contribution in [-0.4, -0.2) is 79.9 Å². The summed E-state index contributed by atoms with van der Waals surface area (Å²) in [5.41, 5.74) is 0. The first kappa shape index (κ1) is 28.2. The van der Waals surface area contributed by atoms with E-state index in [0.29, 0.717) is 19.8 Å². The van der Waals surface area contributed by atoms with Gasteiger partial charge in [0.25, 0.3) is 0 Å². The van der Waals surface area contributed by atoms with E-state index in [1.54, 1.807) is 0 Å². The molecule has 0 aliphatic carbocycles. The van der Waals surface area contributed by atoms with Gasteiger partial charge in [-0.05, 0) is 53.4 Å². The third-order valence-electron chi connectivity index (χ3n) is 5.51. The summed E-state index contributed by atoms with van der Waals surface area (Å²) in [4.78, 5) is 5.34. The van der Waals surface area contributed by atoms with Gasteiger partial charge < -0.3 is 13.3 Å². The summed E-state index contributed by atoms with van der Waals surface area (Å²) in [5.74, 6) is 0.735. The number of rotatable bonds is 20. The molecule has 170 valence electrons. The van der Waals surface area contributed by atoms with E-state index < -0.39 is 8.80 Å². The van der Waals surface area contributed by atoms with Gasteiger partial charge in [0.2, 0.25) is 0 Å². The molecule has 7 heteroatoms. The Morgan fingerprint density at radius 3 is 1.46 bits per heavy atom. The Kier molecular flexibility index (Phi) is 18.2. The minimum Gasteiger partial charge on any atom is -0.374 e. The Morgan fingerprint density at radius 1 is 0.643 bits per heavy atom. The lowest BCUT2D eigenvalue weighted by Gasteiger charge is -2.38. The molecule has 0 saturated heterocycles. The molecule has 0 fully saturated rings. The molecule has 0 heterocycles. The molecule has 0 amide bonds. The van der Waals surface area contributed by atoms with Crippen LogP contribution >= 0.6 is 0 Å². The van der Waals surface area contributed by atoms with Gasteiger partial charge in [-0.25, -0.2) is 0 Å². The molecule has 5 nitrogen and oxygen atoms in total. The van der Waals surface area contributed by atoms with Crippen molar-refractivity contribution in [2.75, 3.05) is 46.0 Å². The number of unbranched alkanes of at least 4 members (excludes halogenated alkanes) is 3. The third-order valence-corrected chi connectivity index (χ3v) is 11.1. The van der Waals surface area contributed by atoms with Gasteiger partial charge in [-0.3, -0.25) is 9.80 Å². The molecule has 0 spiro atoms. The van der Waals surface area contributed by atoms with E-state index in [9.17, 15) is 0 Å². The van der Waals surface area contributed by atoms with Gasteiger partial charge in [0.05, 0.1) is 9.52 Å². The summed E-state index contributed by atoms with van der Waals surface area (Å²) in [6.45, 7) is 22.0. The topological polar surface area (TPSA) is 34.2 Å². The molecule has 28 heavy (non-hydrogen) atoms. The largest absolute Gasteiger partial charge is 0.500 e. The van der Waals surface area contributed by atoms with E-state index in [1.165, 1.54) is 51.5 Å². The molecule has 0 aliphatic heterocycles. The van der Waals surface area contributed by atoms with Crippen molar-refractivity contribution in [2.24, 2.45) is 0 Å². The minimum atomic E-state index is -2.44. The zero-order valence-electron chi connectivity index (χ0n) is 20.1. The fourth-order valence-electron chi connectivity index (χ4n) is 4.09. The molecule has 0 aromatic carbocycles. The monoisotopic (exact) mass is 434 g/mol. The summed E-state index contributed by atoms with van der Waals surface area (Å²) in [7, 11) is -2.55. The van der Waals surface area contributed by atoms with Crippen molar-refractivity contribution < 1.29 is 13.3 Å². The molecule has 0 unspecified atom stereocenters. The quantitative estimate of drug-likeness (QED) is 0.163. The van der Waals surface area contributed by atoms with Crippen molar-refractivity contribution in [2.45, 2.75) is 92.0 Å². The van der Waals surface area contributed by atoms with Gasteiger partial charge >= 0.3 is 8.80 Å². The van der Waals surface area contributed by atoms with Gasteiger partial charge in [-0.15, -0.1) is 0 Å². The fourth-order valence-corrected chi connectivity index (χ4v) is 9.54. The Balaban J connectivity index is 4.31. The van der Waals surface area contributed by atoms with Crippen molar-refractivity contribution in [1.82, 2.24) is 9.80 Å². The second-order valence-electron chi connectivity index (χ2n) is 7.21. The average Bonchev–Trinajstić information content (AvgIpc) is 2.69. The predicted octanol–water partition coefficient (Wildman–Crippen LogP) is 4.15. The minimum absolute atomic E-state index is 0.113. The normalized spacial score (nSPS) is 13.1. The molecule has 0 aromatic heterocycles. The molecule has 0 bridgehead atoms. The first-order valence-electron chi connectivity index (χ1n) is 12.0. The van der Waals surface area contributed by atoms with E-state index in [2.05, 4.69) is 37.5 Å². The molecule has 0 saturated carbocycles. The summed E-state index contributed by atoms with van der Waals surface area (Å²) in [6.07, 6.45) is 5.11. The highest BCUT2D eigenvalue weighted by Gasteiger charge is 2.39. The molecule has 0 N–H and O–H groups in total. The van der Waals surface area contributed by atoms with Crippen LogP contribution in [0, 0.1) is 0 Å². The molecular weight excluding hydrogens is 384 g/mol. The van der Waals surface area contributed by atoms with Crippen LogP contribution in [0.4, 0.5) is 0 Å². The first-order valence-corrected chi connectivity index (χ1v) is 15.7. The van der Waals surface area contributed by atoms with Crippen LogP contribution in [0.1, 0.15) is 74.1 Å². The van der Waals surface area contributed by atoms with Crippen molar-refractivity contribution in [3.8, 4) is 0 Å². The average molecular weight is 435 g/mol. The summed E-state index contributed by atoms with van der Waals surface area (Å²) < 4.78 is 17.9. The lowest BCUT2D eigenvalue weighted by atomic mass is 10.2. The van der Waals surface area contributed by atoms with Crippen LogP contribution in [0.15, 0.2) is 0 Å². The lowest BCUT2D eigenvalue weighted by molar-refractivity contribution is 0.0706. The third kappa shape index (κ3) is 10.9. The van der Waals surface area contributed by atoms with Crippen molar-refractivity contribution >= 4 is 18.3 Å². The second-order valence-corrected chi connectivity index (χ2v) is 12.0. The molecule has 0 aromatic rings. The van der Waals surface area contributed by atoms with Crippen molar-refractivity contribution in [3.05, 3.63) is 0 Å². The van der Waals surface area contributed by atoms with Crippen molar-refractivity contribution in [3.63, 3.8) is 0 Å². The Morgan fingerprint density at radius 2 is 1.07 bits per heavy atom. The SMILES string of the molecule is CCO[Si](CCCCCC[SiH2]C(N(CC)CC)N(CC)CC)(OCC)OCC. The Bertz CT molecular complexity index is 315. The Labute approximate surface area is 179 Å². The van der Waals surface area contributed by atoms with Crippen LogP contribution in [0.2, 0.25) is 12.1 Å². The highest BCUT2D eigenvalue weighted by Crippen LogP contribution is 2.20. The highest BCUT2D eigenvalue weighted by molar-refractivity contribution is 6.60. The lowest BCUT2D eigenvalue weighted by Crippen LogP contribution is -2.51. The second kappa shape index (κ2) is 18.0. The van der Waals surface area contributed by atoms with Gasteiger partial charge in [-0.2, -0.15) is 0 Å². The maximum Gasteiger partial charge on any atom is 0.500 e. The van der Waals surface area contributed by atoms with E-state index in [-0.39, 0.29) is 9.52 Å². The summed E-state index contributed by atoms with van der Waals surface area (Å²) in [6, 6.07) is 2.41. The van der Waals surface area contributed by atoms with Gasteiger partial charge in [0, 0.05) is 31.7 Å². The summed E-state index contributed by atoms with van der Waals surface area (Å²) >= 11 is 0. The molecule has 0 aliphatic rings. The standard InChI is InChI=1S/C21H50N2O3Si2/c1-8-22(9-2)21(23(10-3)11-4)27-19-17-15-16-18-20-28(24-12-5,25-13-6)26-14-7/h21H,8-20,27H2,1-7H3. The maximum atomic E-state index is 5.96. The molecule has 0 radical (unpaired) electrons. The van der Waals surface area contributed by atoms with Crippen LogP contribution in [-0.2, 0) is 13.3 Å². The van der Waals surface area contributed by atoms with Crippen LogP contribution in [0.3, 0.4) is 0 Å². The van der Waals surface area contributed by atoms with Crippen LogP contribution in [0.25, 0.3) is 0 Å². The first-order chi connectivity index (χ1) is 13.6. The van der Waals surface area contributed by atoms with Crippen LogP contribution < -0.4 is 0 Å². The molecular formula is C21H50N2O3Si2. The van der Waals surface area contributed by atoms with Crippen LogP contribution in [0.5, 0.6) is 0 Å². The Hall–Kier alpha value is 0.234.